The average Bonchev–Trinajstić information content (AvgIpc) is 2.45. The number of unbranched alkanes of at least 4 members (excludes halogenated alkanes) is 1. The van der Waals surface area contributed by atoms with Crippen molar-refractivity contribution in [2.24, 2.45) is 4.99 Å². The van der Waals surface area contributed by atoms with E-state index in [4.69, 9.17) is 4.74 Å². The van der Waals surface area contributed by atoms with Crippen molar-refractivity contribution < 1.29 is 17.9 Å². The third-order valence-electron chi connectivity index (χ3n) is 2.97. The highest BCUT2D eigenvalue weighted by atomic mass is 19.4. The molecule has 0 spiro atoms. The number of hydrogen-bond acceptors (Lipinski definition) is 3. The van der Waals surface area contributed by atoms with Crippen LogP contribution in [0.25, 0.3) is 0 Å². The molecule has 0 atom stereocenters. The maximum atomic E-state index is 12.2. The van der Waals surface area contributed by atoms with Gasteiger partial charge in [0, 0.05) is 32.8 Å². The maximum Gasteiger partial charge on any atom is 0.401 e. The summed E-state index contributed by atoms with van der Waals surface area (Å²) >= 11 is 0. The molecule has 138 valence electrons. The van der Waals surface area contributed by atoms with Crippen LogP contribution in [0.2, 0.25) is 0 Å². The Labute approximate surface area is 137 Å². The minimum atomic E-state index is -4.14. The van der Waals surface area contributed by atoms with Crippen LogP contribution in [0.3, 0.4) is 0 Å². The second-order valence-corrected chi connectivity index (χ2v) is 5.30. The van der Waals surface area contributed by atoms with Crippen LogP contribution in [-0.2, 0) is 4.74 Å². The van der Waals surface area contributed by atoms with E-state index in [0.29, 0.717) is 25.5 Å². The van der Waals surface area contributed by atoms with Gasteiger partial charge in [-0.25, -0.2) is 0 Å². The molecule has 0 aliphatic heterocycles. The van der Waals surface area contributed by atoms with Crippen molar-refractivity contribution in [3.05, 3.63) is 0 Å². The predicted molar refractivity (Wildman–Crippen MR) is 87.9 cm³/mol. The highest BCUT2D eigenvalue weighted by Gasteiger charge is 2.28. The molecule has 0 bridgehead atoms. The molecule has 0 saturated heterocycles. The second kappa shape index (κ2) is 13.4. The molecule has 0 aromatic rings. The Balaban J connectivity index is 3.88. The van der Waals surface area contributed by atoms with E-state index in [1.807, 2.05) is 13.8 Å². The Morgan fingerprint density at radius 1 is 1.13 bits per heavy atom. The van der Waals surface area contributed by atoms with E-state index >= 15 is 0 Å². The summed E-state index contributed by atoms with van der Waals surface area (Å²) in [6.07, 6.45) is -1.58. The zero-order valence-electron chi connectivity index (χ0n) is 14.5. The summed E-state index contributed by atoms with van der Waals surface area (Å²) < 4.78 is 41.9. The number of guanidine groups is 1. The van der Waals surface area contributed by atoms with E-state index in [9.17, 15) is 13.2 Å². The number of hydrogen-bond donors (Lipinski definition) is 2. The fourth-order valence-electron chi connectivity index (χ4n) is 1.94. The van der Waals surface area contributed by atoms with Crippen LogP contribution >= 0.6 is 0 Å². The Morgan fingerprint density at radius 3 is 2.48 bits per heavy atom. The van der Waals surface area contributed by atoms with Gasteiger partial charge in [-0.1, -0.05) is 0 Å². The molecule has 0 unspecified atom stereocenters. The van der Waals surface area contributed by atoms with Gasteiger partial charge in [-0.3, -0.25) is 9.89 Å². The molecule has 8 heteroatoms. The number of nitrogens with one attached hydrogen (secondary N) is 2. The van der Waals surface area contributed by atoms with Crippen molar-refractivity contribution in [2.75, 3.05) is 53.0 Å². The van der Waals surface area contributed by atoms with Crippen LogP contribution in [0.4, 0.5) is 13.2 Å². The monoisotopic (exact) mass is 340 g/mol. The van der Waals surface area contributed by atoms with Crippen molar-refractivity contribution in [2.45, 2.75) is 39.3 Å². The first kappa shape index (κ1) is 22.0. The molecule has 0 radical (unpaired) electrons. The molecule has 0 heterocycles. The molecule has 2 N–H and O–H groups in total. The van der Waals surface area contributed by atoms with Crippen LogP contribution in [0.5, 0.6) is 0 Å². The van der Waals surface area contributed by atoms with Gasteiger partial charge < -0.3 is 15.4 Å². The number of rotatable bonds is 12. The van der Waals surface area contributed by atoms with E-state index in [1.54, 1.807) is 0 Å². The average molecular weight is 340 g/mol. The van der Waals surface area contributed by atoms with Gasteiger partial charge in [-0.05, 0) is 46.7 Å². The minimum Gasteiger partial charge on any atom is -0.382 e. The van der Waals surface area contributed by atoms with Crippen molar-refractivity contribution in [3.63, 3.8) is 0 Å². The van der Waals surface area contributed by atoms with Crippen molar-refractivity contribution in [3.8, 4) is 0 Å². The molecule has 23 heavy (non-hydrogen) atoms. The van der Waals surface area contributed by atoms with Crippen molar-refractivity contribution in [1.29, 1.82) is 0 Å². The SMILES string of the molecule is CCNC(=NCCCN(C)CC(F)(F)F)NCCCCOCC. The second-order valence-electron chi connectivity index (χ2n) is 5.30. The molecule has 0 rings (SSSR count). The predicted octanol–water partition coefficient (Wildman–Crippen LogP) is 2.24. The van der Waals surface area contributed by atoms with E-state index in [1.165, 1.54) is 11.9 Å². The molecule has 0 aliphatic carbocycles. The van der Waals surface area contributed by atoms with Gasteiger partial charge in [-0.15, -0.1) is 0 Å². The van der Waals surface area contributed by atoms with Crippen LogP contribution < -0.4 is 10.6 Å². The van der Waals surface area contributed by atoms with E-state index in [-0.39, 0.29) is 0 Å². The lowest BCUT2D eigenvalue weighted by Gasteiger charge is -2.18. The molecule has 0 saturated carbocycles. The maximum absolute atomic E-state index is 12.2. The smallest absolute Gasteiger partial charge is 0.382 e. The zero-order valence-corrected chi connectivity index (χ0v) is 14.5. The number of alkyl halides is 3. The van der Waals surface area contributed by atoms with Gasteiger partial charge >= 0.3 is 6.18 Å². The molecule has 0 aromatic heterocycles. The topological polar surface area (TPSA) is 48.9 Å². The summed E-state index contributed by atoms with van der Waals surface area (Å²) in [6.45, 7) is 6.98. The Bertz CT molecular complexity index is 312. The van der Waals surface area contributed by atoms with Crippen LogP contribution in [0.1, 0.15) is 33.1 Å². The molecule has 5 nitrogen and oxygen atoms in total. The summed E-state index contributed by atoms with van der Waals surface area (Å²) in [7, 11) is 1.47. The van der Waals surface area contributed by atoms with Gasteiger partial charge in [0.05, 0.1) is 6.54 Å². The van der Waals surface area contributed by atoms with Crippen molar-refractivity contribution in [1.82, 2.24) is 15.5 Å². The quantitative estimate of drug-likeness (QED) is 0.325. The fourth-order valence-corrected chi connectivity index (χ4v) is 1.94. The third-order valence-corrected chi connectivity index (χ3v) is 2.97. The Kier molecular flexibility index (Phi) is 12.8. The first-order chi connectivity index (χ1) is 10.9. The fraction of sp³-hybridized carbons (Fsp3) is 0.933. The lowest BCUT2D eigenvalue weighted by atomic mass is 10.3. The van der Waals surface area contributed by atoms with Gasteiger partial charge in [0.1, 0.15) is 0 Å². The lowest BCUT2D eigenvalue weighted by Crippen LogP contribution is -2.38. The summed E-state index contributed by atoms with van der Waals surface area (Å²) in [4.78, 5) is 5.64. The van der Waals surface area contributed by atoms with Gasteiger partial charge in [0.2, 0.25) is 0 Å². The molecule has 0 amide bonds. The van der Waals surface area contributed by atoms with E-state index in [2.05, 4.69) is 15.6 Å². The standard InChI is InChI=1S/C15H31F3N4O/c1-4-19-14(20-9-6-7-12-23-5-2)21-10-8-11-22(3)13-15(16,17)18/h4-13H2,1-3H3,(H2,19,20,21). The summed E-state index contributed by atoms with van der Waals surface area (Å²) in [5, 5.41) is 6.34. The third kappa shape index (κ3) is 15.6. The lowest BCUT2D eigenvalue weighted by molar-refractivity contribution is -0.143. The van der Waals surface area contributed by atoms with E-state index in [0.717, 1.165) is 39.1 Å². The molecule has 0 fully saturated rings. The highest BCUT2D eigenvalue weighted by Crippen LogP contribution is 2.15. The minimum absolute atomic E-state index is 0.372. The van der Waals surface area contributed by atoms with Crippen LogP contribution in [0, 0.1) is 0 Å². The molecular weight excluding hydrogens is 309 g/mol. The zero-order chi connectivity index (χ0) is 17.6. The van der Waals surface area contributed by atoms with E-state index < -0.39 is 12.7 Å². The summed E-state index contributed by atoms with van der Waals surface area (Å²) in [5.74, 6) is 0.711. The Morgan fingerprint density at radius 2 is 1.87 bits per heavy atom. The van der Waals surface area contributed by atoms with Gasteiger partial charge in [0.15, 0.2) is 5.96 Å². The number of nitrogens with zero attached hydrogens (tertiary/aromatic N) is 2. The van der Waals surface area contributed by atoms with Crippen LogP contribution in [0.15, 0.2) is 4.99 Å². The first-order valence-electron chi connectivity index (χ1n) is 8.24. The number of ether oxygens (including phenoxy) is 1. The number of aliphatic imine (C=N–C) groups is 1. The Hall–Kier alpha value is -1.02. The largest absolute Gasteiger partial charge is 0.401 e. The van der Waals surface area contributed by atoms with Crippen LogP contribution in [-0.4, -0.2) is 70.0 Å². The highest BCUT2D eigenvalue weighted by molar-refractivity contribution is 5.79. The molecule has 0 aromatic carbocycles. The molecule has 0 aliphatic rings. The van der Waals surface area contributed by atoms with Gasteiger partial charge in [-0.2, -0.15) is 13.2 Å². The summed E-state index contributed by atoms with van der Waals surface area (Å²) in [6, 6.07) is 0. The number of halogens is 3. The van der Waals surface area contributed by atoms with Gasteiger partial charge in [0.25, 0.3) is 0 Å². The molecular formula is C15H31F3N4O. The summed E-state index contributed by atoms with van der Waals surface area (Å²) in [5.41, 5.74) is 0. The van der Waals surface area contributed by atoms with Crippen molar-refractivity contribution >= 4 is 5.96 Å². The normalized spacial score (nSPS) is 12.7. The first-order valence-corrected chi connectivity index (χ1v) is 8.24.